The minimum absolute atomic E-state index is 0.145. The largest absolute Gasteiger partial charge is 0.493 e. The van der Waals surface area contributed by atoms with E-state index in [4.69, 9.17) is 14.2 Å². The van der Waals surface area contributed by atoms with Gasteiger partial charge in [-0.15, -0.1) is 0 Å². The first-order chi connectivity index (χ1) is 10.2. The SMILES string of the molecule is COc1ccc(NC2CCOC3(CCCC3)C2)cc1OC. The van der Waals surface area contributed by atoms with Gasteiger partial charge in [-0.1, -0.05) is 12.8 Å². The van der Waals surface area contributed by atoms with E-state index in [1.54, 1.807) is 14.2 Å². The molecule has 1 aromatic rings. The van der Waals surface area contributed by atoms with E-state index in [0.29, 0.717) is 6.04 Å². The standard InChI is InChI=1S/C17H25NO3/c1-19-15-6-5-13(11-16(15)20-2)18-14-7-10-21-17(12-14)8-3-4-9-17/h5-6,11,14,18H,3-4,7-10,12H2,1-2H3. The Labute approximate surface area is 126 Å². The van der Waals surface area contributed by atoms with Crippen molar-refractivity contribution in [3.05, 3.63) is 18.2 Å². The fraction of sp³-hybridized carbons (Fsp3) is 0.647. The Morgan fingerprint density at radius 2 is 1.90 bits per heavy atom. The average Bonchev–Trinajstić information content (AvgIpc) is 2.95. The third-order valence-corrected chi connectivity index (χ3v) is 4.76. The van der Waals surface area contributed by atoms with E-state index < -0.39 is 0 Å². The molecule has 1 saturated carbocycles. The third-order valence-electron chi connectivity index (χ3n) is 4.76. The molecule has 1 N–H and O–H groups in total. The first kappa shape index (κ1) is 14.5. The molecule has 2 fully saturated rings. The highest BCUT2D eigenvalue weighted by atomic mass is 16.5. The van der Waals surface area contributed by atoms with Gasteiger partial charge >= 0.3 is 0 Å². The van der Waals surface area contributed by atoms with Crippen LogP contribution in [0.2, 0.25) is 0 Å². The highest BCUT2D eigenvalue weighted by Gasteiger charge is 2.39. The van der Waals surface area contributed by atoms with Crippen molar-refractivity contribution >= 4 is 5.69 Å². The van der Waals surface area contributed by atoms with Gasteiger partial charge in [0.05, 0.1) is 19.8 Å². The quantitative estimate of drug-likeness (QED) is 0.920. The number of hydrogen-bond acceptors (Lipinski definition) is 4. The zero-order chi connectivity index (χ0) is 14.7. The maximum absolute atomic E-state index is 6.09. The summed E-state index contributed by atoms with van der Waals surface area (Å²) in [6, 6.07) is 6.49. The van der Waals surface area contributed by atoms with Crippen LogP contribution in [0.5, 0.6) is 11.5 Å². The van der Waals surface area contributed by atoms with Crippen LogP contribution in [0.3, 0.4) is 0 Å². The zero-order valence-electron chi connectivity index (χ0n) is 13.0. The zero-order valence-corrected chi connectivity index (χ0v) is 13.0. The molecule has 1 spiro atoms. The van der Waals surface area contributed by atoms with Crippen LogP contribution in [-0.4, -0.2) is 32.5 Å². The molecule has 4 heteroatoms. The lowest BCUT2D eigenvalue weighted by Gasteiger charge is -2.39. The number of hydrogen-bond donors (Lipinski definition) is 1. The third kappa shape index (κ3) is 3.10. The molecule has 0 aromatic heterocycles. The Kier molecular flexibility index (Phi) is 4.24. The van der Waals surface area contributed by atoms with Crippen molar-refractivity contribution in [2.24, 2.45) is 0 Å². The van der Waals surface area contributed by atoms with Crippen LogP contribution in [0.1, 0.15) is 38.5 Å². The number of rotatable bonds is 4. The van der Waals surface area contributed by atoms with Crippen molar-refractivity contribution in [1.29, 1.82) is 0 Å². The second kappa shape index (κ2) is 6.14. The summed E-state index contributed by atoms with van der Waals surface area (Å²) in [5.74, 6) is 1.53. The first-order valence-electron chi connectivity index (χ1n) is 7.87. The Bertz CT molecular complexity index is 483. The monoisotopic (exact) mass is 291 g/mol. The lowest BCUT2D eigenvalue weighted by molar-refractivity contribution is -0.0767. The van der Waals surface area contributed by atoms with Crippen molar-refractivity contribution < 1.29 is 14.2 Å². The van der Waals surface area contributed by atoms with Crippen LogP contribution in [0.15, 0.2) is 18.2 Å². The van der Waals surface area contributed by atoms with E-state index in [0.717, 1.165) is 36.6 Å². The summed E-state index contributed by atoms with van der Waals surface area (Å²) < 4.78 is 16.7. The van der Waals surface area contributed by atoms with E-state index in [1.807, 2.05) is 12.1 Å². The summed E-state index contributed by atoms with van der Waals surface area (Å²) in [4.78, 5) is 0. The molecule has 0 radical (unpaired) electrons. The average molecular weight is 291 g/mol. The predicted molar refractivity (Wildman–Crippen MR) is 83.3 cm³/mol. The second-order valence-electron chi connectivity index (χ2n) is 6.14. The van der Waals surface area contributed by atoms with Crippen LogP contribution in [0, 0.1) is 0 Å². The number of anilines is 1. The van der Waals surface area contributed by atoms with Crippen LogP contribution >= 0.6 is 0 Å². The topological polar surface area (TPSA) is 39.7 Å². The van der Waals surface area contributed by atoms with Gasteiger partial charge in [-0.3, -0.25) is 0 Å². The number of methoxy groups -OCH3 is 2. The van der Waals surface area contributed by atoms with Crippen molar-refractivity contribution in [3.63, 3.8) is 0 Å². The molecule has 2 aliphatic rings. The van der Waals surface area contributed by atoms with Gasteiger partial charge in [-0.2, -0.15) is 0 Å². The second-order valence-corrected chi connectivity index (χ2v) is 6.14. The van der Waals surface area contributed by atoms with Crippen LogP contribution in [-0.2, 0) is 4.74 Å². The maximum Gasteiger partial charge on any atom is 0.162 e. The molecular formula is C17H25NO3. The van der Waals surface area contributed by atoms with Gasteiger partial charge in [0.2, 0.25) is 0 Å². The molecule has 1 saturated heterocycles. The van der Waals surface area contributed by atoms with Gasteiger partial charge < -0.3 is 19.5 Å². The summed E-state index contributed by atoms with van der Waals surface area (Å²) in [5, 5.41) is 3.64. The summed E-state index contributed by atoms with van der Waals surface area (Å²) in [6.45, 7) is 0.866. The smallest absolute Gasteiger partial charge is 0.162 e. The molecule has 1 unspecified atom stereocenters. The van der Waals surface area contributed by atoms with Crippen molar-refractivity contribution in [1.82, 2.24) is 0 Å². The highest BCUT2D eigenvalue weighted by molar-refractivity contribution is 5.55. The van der Waals surface area contributed by atoms with Crippen LogP contribution < -0.4 is 14.8 Å². The number of nitrogens with one attached hydrogen (secondary N) is 1. The Morgan fingerprint density at radius 1 is 1.14 bits per heavy atom. The maximum atomic E-state index is 6.09. The fourth-order valence-electron chi connectivity index (χ4n) is 3.68. The van der Waals surface area contributed by atoms with E-state index in [9.17, 15) is 0 Å². The lowest BCUT2D eigenvalue weighted by Crippen LogP contribution is -2.42. The summed E-state index contributed by atoms with van der Waals surface area (Å²) in [7, 11) is 3.33. The Morgan fingerprint density at radius 3 is 2.62 bits per heavy atom. The van der Waals surface area contributed by atoms with E-state index in [2.05, 4.69) is 11.4 Å². The van der Waals surface area contributed by atoms with E-state index in [1.165, 1.54) is 25.7 Å². The molecule has 1 aliphatic heterocycles. The molecule has 116 valence electrons. The molecule has 3 rings (SSSR count). The van der Waals surface area contributed by atoms with Gasteiger partial charge in [0, 0.05) is 24.4 Å². The number of benzene rings is 1. The molecule has 1 heterocycles. The molecule has 21 heavy (non-hydrogen) atoms. The van der Waals surface area contributed by atoms with E-state index in [-0.39, 0.29) is 5.60 Å². The summed E-state index contributed by atoms with van der Waals surface area (Å²) in [5.41, 5.74) is 1.24. The molecule has 4 nitrogen and oxygen atoms in total. The summed E-state index contributed by atoms with van der Waals surface area (Å²) in [6.07, 6.45) is 7.23. The molecule has 1 aliphatic carbocycles. The van der Waals surface area contributed by atoms with Gasteiger partial charge in [0.1, 0.15) is 0 Å². The minimum atomic E-state index is 0.145. The minimum Gasteiger partial charge on any atom is -0.493 e. The Balaban J connectivity index is 1.68. The van der Waals surface area contributed by atoms with Crippen LogP contribution in [0.4, 0.5) is 5.69 Å². The van der Waals surface area contributed by atoms with Gasteiger partial charge in [0.25, 0.3) is 0 Å². The normalized spacial score (nSPS) is 24.0. The molecule has 0 amide bonds. The first-order valence-corrected chi connectivity index (χ1v) is 7.87. The van der Waals surface area contributed by atoms with Crippen LogP contribution in [0.25, 0.3) is 0 Å². The molecule has 1 atom stereocenters. The molecular weight excluding hydrogens is 266 g/mol. The molecule has 1 aromatic carbocycles. The van der Waals surface area contributed by atoms with Gasteiger partial charge in [0.15, 0.2) is 11.5 Å². The predicted octanol–water partition coefficient (Wildman–Crippen LogP) is 3.61. The van der Waals surface area contributed by atoms with E-state index >= 15 is 0 Å². The van der Waals surface area contributed by atoms with Crippen molar-refractivity contribution in [2.45, 2.75) is 50.2 Å². The molecule has 0 bridgehead atoms. The fourth-order valence-corrected chi connectivity index (χ4v) is 3.68. The number of ether oxygens (including phenoxy) is 3. The summed E-state index contributed by atoms with van der Waals surface area (Å²) >= 11 is 0. The Hall–Kier alpha value is -1.42. The van der Waals surface area contributed by atoms with Gasteiger partial charge in [-0.25, -0.2) is 0 Å². The van der Waals surface area contributed by atoms with Gasteiger partial charge in [-0.05, 0) is 37.8 Å². The van der Waals surface area contributed by atoms with Crippen molar-refractivity contribution in [2.75, 3.05) is 26.1 Å². The van der Waals surface area contributed by atoms with Crippen molar-refractivity contribution in [3.8, 4) is 11.5 Å². The lowest BCUT2D eigenvalue weighted by atomic mass is 9.89. The highest BCUT2D eigenvalue weighted by Crippen LogP contribution is 2.41.